The van der Waals surface area contributed by atoms with E-state index < -0.39 is 6.10 Å². The van der Waals surface area contributed by atoms with Crippen molar-refractivity contribution in [3.05, 3.63) is 29.8 Å². The first-order chi connectivity index (χ1) is 10.1. The number of likely N-dealkylation sites (tertiary alicyclic amines) is 1. The van der Waals surface area contributed by atoms with Crippen molar-refractivity contribution < 1.29 is 14.7 Å². The first-order valence-electron chi connectivity index (χ1n) is 7.43. The highest BCUT2D eigenvalue weighted by Gasteiger charge is 2.19. The number of benzene rings is 1. The zero-order valence-corrected chi connectivity index (χ0v) is 12.3. The first kappa shape index (κ1) is 15.5. The van der Waals surface area contributed by atoms with Gasteiger partial charge in [-0.15, -0.1) is 0 Å². The summed E-state index contributed by atoms with van der Waals surface area (Å²) in [7, 11) is 0. The molecule has 1 heterocycles. The van der Waals surface area contributed by atoms with Gasteiger partial charge in [-0.2, -0.15) is 0 Å². The van der Waals surface area contributed by atoms with Gasteiger partial charge >= 0.3 is 0 Å². The number of anilines is 1. The van der Waals surface area contributed by atoms with Gasteiger partial charge < -0.3 is 15.3 Å². The molecule has 2 rings (SSSR count). The predicted octanol–water partition coefficient (Wildman–Crippen LogP) is 2.02. The molecule has 21 heavy (non-hydrogen) atoms. The molecule has 1 aromatic rings. The number of nitrogens with one attached hydrogen (secondary N) is 1. The molecule has 5 heteroatoms. The van der Waals surface area contributed by atoms with E-state index in [0.29, 0.717) is 17.7 Å². The summed E-state index contributed by atoms with van der Waals surface area (Å²) >= 11 is 0. The van der Waals surface area contributed by atoms with Gasteiger partial charge in [-0.25, -0.2) is 0 Å². The second-order valence-electron chi connectivity index (χ2n) is 5.51. The van der Waals surface area contributed by atoms with Crippen molar-refractivity contribution in [2.75, 3.05) is 18.4 Å². The van der Waals surface area contributed by atoms with Crippen LogP contribution in [0.2, 0.25) is 0 Å². The van der Waals surface area contributed by atoms with Gasteiger partial charge in [-0.05, 0) is 50.5 Å². The summed E-state index contributed by atoms with van der Waals surface area (Å²) in [6.07, 6.45) is 2.40. The van der Waals surface area contributed by atoms with Crippen molar-refractivity contribution >= 4 is 17.5 Å². The Kier molecular flexibility index (Phi) is 5.33. The summed E-state index contributed by atoms with van der Waals surface area (Å²) in [6.45, 7) is 3.32. The lowest BCUT2D eigenvalue weighted by Crippen LogP contribution is -2.27. The molecule has 1 unspecified atom stereocenters. The van der Waals surface area contributed by atoms with Crippen molar-refractivity contribution in [2.45, 2.75) is 38.7 Å². The Hall–Kier alpha value is -1.88. The van der Waals surface area contributed by atoms with Gasteiger partial charge in [0, 0.05) is 30.8 Å². The highest BCUT2D eigenvalue weighted by Crippen LogP contribution is 2.15. The van der Waals surface area contributed by atoms with Crippen molar-refractivity contribution in [3.8, 4) is 0 Å². The third kappa shape index (κ3) is 4.56. The quantitative estimate of drug-likeness (QED) is 0.871. The minimum absolute atomic E-state index is 0.0551. The maximum absolute atomic E-state index is 12.2. The van der Waals surface area contributed by atoms with E-state index in [4.69, 9.17) is 5.11 Å². The standard InChI is InChI=1S/C16H22N2O3/c1-12(19)4-9-15(20)17-14-7-5-13(6-8-14)16(21)18-10-2-3-11-18/h5-8,12,19H,2-4,9-11H2,1H3,(H,17,20). The minimum atomic E-state index is -0.476. The van der Waals surface area contributed by atoms with E-state index in [1.807, 2.05) is 4.90 Å². The van der Waals surface area contributed by atoms with Crippen LogP contribution < -0.4 is 5.32 Å². The maximum atomic E-state index is 12.2. The fraction of sp³-hybridized carbons (Fsp3) is 0.500. The number of nitrogens with zero attached hydrogens (tertiary/aromatic N) is 1. The Balaban J connectivity index is 1.89. The number of amides is 2. The molecule has 0 spiro atoms. The van der Waals surface area contributed by atoms with Crippen molar-refractivity contribution in [1.82, 2.24) is 4.90 Å². The number of hydrogen-bond acceptors (Lipinski definition) is 3. The number of aliphatic hydroxyl groups excluding tert-OH is 1. The molecule has 0 saturated carbocycles. The van der Waals surface area contributed by atoms with Gasteiger partial charge in [0.05, 0.1) is 6.10 Å². The molecule has 1 aliphatic heterocycles. The molecule has 1 aliphatic rings. The van der Waals surface area contributed by atoms with E-state index in [1.165, 1.54) is 0 Å². The van der Waals surface area contributed by atoms with Crippen LogP contribution in [0.1, 0.15) is 43.0 Å². The van der Waals surface area contributed by atoms with Gasteiger partial charge in [0.25, 0.3) is 5.91 Å². The lowest BCUT2D eigenvalue weighted by atomic mass is 10.1. The monoisotopic (exact) mass is 290 g/mol. The minimum Gasteiger partial charge on any atom is -0.393 e. The van der Waals surface area contributed by atoms with Gasteiger partial charge in [-0.1, -0.05) is 0 Å². The van der Waals surface area contributed by atoms with E-state index in [1.54, 1.807) is 31.2 Å². The van der Waals surface area contributed by atoms with Crippen LogP contribution in [0.3, 0.4) is 0 Å². The third-order valence-corrected chi connectivity index (χ3v) is 3.60. The Morgan fingerprint density at radius 2 is 1.86 bits per heavy atom. The molecule has 0 aromatic heterocycles. The topological polar surface area (TPSA) is 69.6 Å². The molecular weight excluding hydrogens is 268 g/mol. The fourth-order valence-electron chi connectivity index (χ4n) is 2.36. The Labute approximate surface area is 125 Å². The first-order valence-corrected chi connectivity index (χ1v) is 7.43. The van der Waals surface area contributed by atoms with Crippen molar-refractivity contribution in [3.63, 3.8) is 0 Å². The van der Waals surface area contributed by atoms with Gasteiger partial charge in [0.15, 0.2) is 0 Å². The van der Waals surface area contributed by atoms with Gasteiger partial charge in [0.1, 0.15) is 0 Å². The number of aliphatic hydroxyl groups is 1. The van der Waals surface area contributed by atoms with Crippen LogP contribution in [-0.2, 0) is 4.79 Å². The number of carbonyl (C=O) groups is 2. The second kappa shape index (κ2) is 7.22. The molecule has 0 radical (unpaired) electrons. The Bertz CT molecular complexity index is 491. The van der Waals surface area contributed by atoms with E-state index in [9.17, 15) is 9.59 Å². The van der Waals surface area contributed by atoms with Crippen LogP contribution in [-0.4, -0.2) is 41.0 Å². The molecule has 1 fully saturated rings. The Morgan fingerprint density at radius 3 is 2.43 bits per heavy atom. The average Bonchev–Trinajstić information content (AvgIpc) is 2.99. The van der Waals surface area contributed by atoms with E-state index in [-0.39, 0.29) is 18.2 Å². The molecule has 2 N–H and O–H groups in total. The van der Waals surface area contributed by atoms with Gasteiger partial charge in [-0.3, -0.25) is 9.59 Å². The zero-order valence-electron chi connectivity index (χ0n) is 12.3. The fourth-order valence-corrected chi connectivity index (χ4v) is 2.36. The summed E-state index contributed by atoms with van der Waals surface area (Å²) in [5, 5.41) is 11.9. The summed E-state index contributed by atoms with van der Waals surface area (Å²) in [5.41, 5.74) is 1.32. The molecule has 5 nitrogen and oxygen atoms in total. The summed E-state index contributed by atoms with van der Waals surface area (Å²) in [5.74, 6) is -0.0750. The molecule has 1 saturated heterocycles. The molecule has 1 atom stereocenters. The molecule has 114 valence electrons. The van der Waals surface area contributed by atoms with Crippen LogP contribution in [0.5, 0.6) is 0 Å². The van der Waals surface area contributed by atoms with Crippen LogP contribution >= 0.6 is 0 Å². The van der Waals surface area contributed by atoms with E-state index >= 15 is 0 Å². The second-order valence-corrected chi connectivity index (χ2v) is 5.51. The molecule has 2 amide bonds. The van der Waals surface area contributed by atoms with Crippen molar-refractivity contribution in [1.29, 1.82) is 0 Å². The molecule has 0 bridgehead atoms. The van der Waals surface area contributed by atoms with E-state index in [2.05, 4.69) is 5.32 Å². The maximum Gasteiger partial charge on any atom is 0.253 e. The summed E-state index contributed by atoms with van der Waals surface area (Å²) in [4.78, 5) is 25.7. The Morgan fingerprint density at radius 1 is 1.24 bits per heavy atom. The molecule has 0 aliphatic carbocycles. The summed E-state index contributed by atoms with van der Waals surface area (Å²) < 4.78 is 0. The lowest BCUT2D eigenvalue weighted by Gasteiger charge is -2.15. The SMILES string of the molecule is CC(O)CCC(=O)Nc1ccc(C(=O)N2CCCC2)cc1. The van der Waals surface area contributed by atoms with E-state index in [0.717, 1.165) is 25.9 Å². The number of hydrogen-bond donors (Lipinski definition) is 2. The van der Waals surface area contributed by atoms with Crippen LogP contribution in [0.15, 0.2) is 24.3 Å². The summed E-state index contributed by atoms with van der Waals surface area (Å²) in [6, 6.07) is 6.96. The van der Waals surface area contributed by atoms with Gasteiger partial charge in [0.2, 0.25) is 5.91 Å². The van der Waals surface area contributed by atoms with Crippen LogP contribution in [0.4, 0.5) is 5.69 Å². The van der Waals surface area contributed by atoms with Crippen LogP contribution in [0, 0.1) is 0 Å². The normalized spacial score (nSPS) is 15.8. The molecular formula is C16H22N2O3. The number of carbonyl (C=O) groups excluding carboxylic acids is 2. The average molecular weight is 290 g/mol. The zero-order chi connectivity index (χ0) is 15.2. The largest absolute Gasteiger partial charge is 0.393 e. The predicted molar refractivity (Wildman–Crippen MR) is 81.1 cm³/mol. The highest BCUT2D eigenvalue weighted by atomic mass is 16.3. The van der Waals surface area contributed by atoms with Crippen molar-refractivity contribution in [2.24, 2.45) is 0 Å². The lowest BCUT2D eigenvalue weighted by molar-refractivity contribution is -0.116. The number of rotatable bonds is 5. The smallest absolute Gasteiger partial charge is 0.253 e. The third-order valence-electron chi connectivity index (χ3n) is 3.60. The van der Waals surface area contributed by atoms with Crippen LogP contribution in [0.25, 0.3) is 0 Å². The highest BCUT2D eigenvalue weighted by molar-refractivity contribution is 5.96. The molecule has 1 aromatic carbocycles.